The minimum Gasteiger partial charge on any atom is -0.465 e. The average molecular weight is 300 g/mol. The highest BCUT2D eigenvalue weighted by molar-refractivity contribution is 6.31. The van der Waals surface area contributed by atoms with Crippen molar-refractivity contribution < 1.29 is 9.53 Å². The van der Waals surface area contributed by atoms with Crippen LogP contribution in [0.2, 0.25) is 5.02 Å². The summed E-state index contributed by atoms with van der Waals surface area (Å²) >= 11 is 6.37. The van der Waals surface area contributed by atoms with Crippen molar-refractivity contribution in [3.8, 4) is 0 Å². The van der Waals surface area contributed by atoms with Crippen molar-refractivity contribution in [2.75, 3.05) is 13.2 Å². The van der Waals surface area contributed by atoms with Crippen LogP contribution in [0.25, 0.3) is 0 Å². The number of ether oxygens (including phenoxy) is 1. The number of carbonyl (C=O) groups is 1. The van der Waals surface area contributed by atoms with E-state index in [4.69, 9.17) is 16.3 Å². The van der Waals surface area contributed by atoms with Gasteiger partial charge in [-0.1, -0.05) is 18.5 Å². The number of rotatable bonds is 5. The van der Waals surface area contributed by atoms with Gasteiger partial charge in [-0.25, -0.2) is 0 Å². The maximum atomic E-state index is 12.0. The number of hydrogen-bond acceptors (Lipinski definition) is 4. The molecule has 5 nitrogen and oxygen atoms in total. The molecule has 20 heavy (non-hydrogen) atoms. The number of aromatic nitrogens is 2. The van der Waals surface area contributed by atoms with Crippen LogP contribution < -0.4 is 0 Å². The van der Waals surface area contributed by atoms with E-state index in [0.717, 1.165) is 42.2 Å². The van der Waals surface area contributed by atoms with Crippen LogP contribution in [0.1, 0.15) is 38.1 Å². The first kappa shape index (κ1) is 15.3. The van der Waals surface area contributed by atoms with Crippen molar-refractivity contribution >= 4 is 17.6 Å². The van der Waals surface area contributed by atoms with E-state index < -0.39 is 0 Å². The van der Waals surface area contributed by atoms with E-state index in [1.54, 1.807) is 0 Å². The molecule has 0 N–H and O–H groups in total. The fourth-order valence-corrected chi connectivity index (χ4v) is 3.06. The molecule has 0 aromatic carbocycles. The van der Waals surface area contributed by atoms with Crippen LogP contribution >= 0.6 is 11.6 Å². The molecule has 2 rings (SSSR count). The molecular formula is C14H22ClN3O2. The Morgan fingerprint density at radius 2 is 2.25 bits per heavy atom. The zero-order valence-electron chi connectivity index (χ0n) is 12.4. The number of halogens is 1. The number of esters is 1. The summed E-state index contributed by atoms with van der Waals surface area (Å²) in [4.78, 5) is 14.1. The number of nitrogens with zero attached hydrogens (tertiary/aromatic N) is 3. The Labute approximate surface area is 124 Å². The lowest BCUT2D eigenvalue weighted by molar-refractivity contribution is -0.148. The van der Waals surface area contributed by atoms with Crippen molar-refractivity contribution in [1.29, 1.82) is 0 Å². The Balaban J connectivity index is 2.13. The van der Waals surface area contributed by atoms with Gasteiger partial charge in [0.15, 0.2) is 0 Å². The Bertz CT molecular complexity index is 487. The molecule has 0 saturated carbocycles. The Kier molecular flexibility index (Phi) is 5.05. The summed E-state index contributed by atoms with van der Waals surface area (Å²) in [5, 5.41) is 5.15. The predicted octanol–water partition coefficient (Wildman–Crippen LogP) is 2.16. The third kappa shape index (κ3) is 2.99. The lowest BCUT2D eigenvalue weighted by Crippen LogP contribution is -2.37. The molecule has 0 radical (unpaired) electrons. The topological polar surface area (TPSA) is 47.4 Å². The molecule has 1 fully saturated rings. The minimum atomic E-state index is -0.147. The van der Waals surface area contributed by atoms with Gasteiger partial charge in [-0.15, -0.1) is 0 Å². The minimum absolute atomic E-state index is 0.126. The fraction of sp³-hybridized carbons (Fsp3) is 0.714. The van der Waals surface area contributed by atoms with Gasteiger partial charge in [0.05, 0.1) is 23.0 Å². The SMILES string of the molecule is CCOC(=O)C1CCCN1Cc1c(Cl)c(CC)nn1C. The summed E-state index contributed by atoms with van der Waals surface area (Å²) in [5.41, 5.74) is 1.88. The van der Waals surface area contributed by atoms with Crippen LogP contribution in [-0.4, -0.2) is 39.8 Å². The van der Waals surface area contributed by atoms with Crippen LogP contribution in [-0.2, 0) is 29.5 Å². The number of hydrogen-bond donors (Lipinski definition) is 0. The molecule has 0 aliphatic carbocycles. The highest BCUT2D eigenvalue weighted by Gasteiger charge is 2.33. The second-order valence-corrected chi connectivity index (χ2v) is 5.44. The van der Waals surface area contributed by atoms with E-state index in [-0.39, 0.29) is 12.0 Å². The van der Waals surface area contributed by atoms with Crippen LogP contribution in [0, 0.1) is 0 Å². The second-order valence-electron chi connectivity index (χ2n) is 5.07. The first-order valence-electron chi connectivity index (χ1n) is 7.19. The number of aryl methyl sites for hydroxylation is 2. The molecule has 0 spiro atoms. The lowest BCUT2D eigenvalue weighted by atomic mass is 10.2. The van der Waals surface area contributed by atoms with Crippen LogP contribution in [0.4, 0.5) is 0 Å². The van der Waals surface area contributed by atoms with Crippen molar-refractivity contribution in [1.82, 2.24) is 14.7 Å². The molecule has 1 aliphatic rings. The van der Waals surface area contributed by atoms with Crippen molar-refractivity contribution in [3.63, 3.8) is 0 Å². The maximum Gasteiger partial charge on any atom is 0.323 e. The maximum absolute atomic E-state index is 12.0. The van der Waals surface area contributed by atoms with Gasteiger partial charge in [-0.05, 0) is 32.7 Å². The quantitative estimate of drug-likeness (QED) is 0.782. The number of likely N-dealkylation sites (tertiary alicyclic amines) is 1. The summed E-state index contributed by atoms with van der Waals surface area (Å²) < 4.78 is 6.97. The van der Waals surface area contributed by atoms with Gasteiger partial charge in [0, 0.05) is 13.6 Å². The first-order valence-corrected chi connectivity index (χ1v) is 7.57. The Morgan fingerprint density at radius 1 is 1.50 bits per heavy atom. The second kappa shape index (κ2) is 6.59. The molecule has 2 heterocycles. The van der Waals surface area contributed by atoms with Crippen molar-refractivity contribution in [2.45, 2.75) is 45.7 Å². The monoisotopic (exact) mass is 299 g/mol. The van der Waals surface area contributed by atoms with Gasteiger partial charge in [-0.2, -0.15) is 5.10 Å². The van der Waals surface area contributed by atoms with Crippen molar-refractivity contribution in [2.24, 2.45) is 7.05 Å². The third-order valence-electron chi connectivity index (χ3n) is 3.78. The molecule has 1 unspecified atom stereocenters. The van der Waals surface area contributed by atoms with E-state index in [2.05, 4.69) is 10.00 Å². The van der Waals surface area contributed by atoms with Gasteiger partial charge in [-0.3, -0.25) is 14.4 Å². The zero-order valence-corrected chi connectivity index (χ0v) is 13.1. The van der Waals surface area contributed by atoms with E-state index in [1.165, 1.54) is 0 Å². The highest BCUT2D eigenvalue weighted by atomic mass is 35.5. The average Bonchev–Trinajstić information content (AvgIpc) is 2.98. The molecule has 1 aromatic rings. The van der Waals surface area contributed by atoms with Gasteiger partial charge in [0.1, 0.15) is 6.04 Å². The van der Waals surface area contributed by atoms with Gasteiger partial charge < -0.3 is 4.74 Å². The molecule has 0 amide bonds. The standard InChI is InChI=1S/C14H22ClN3O2/c1-4-10-13(15)12(17(3)16-10)9-18-8-6-7-11(18)14(19)20-5-2/h11H,4-9H2,1-3H3. The van der Waals surface area contributed by atoms with Crippen molar-refractivity contribution in [3.05, 3.63) is 16.4 Å². The molecule has 112 valence electrons. The summed E-state index contributed by atoms with van der Waals surface area (Å²) in [6.07, 6.45) is 2.68. The zero-order chi connectivity index (χ0) is 14.7. The van der Waals surface area contributed by atoms with E-state index in [1.807, 2.05) is 25.6 Å². The molecule has 0 bridgehead atoms. The summed E-state index contributed by atoms with van der Waals surface area (Å²) in [7, 11) is 1.90. The molecule has 1 aromatic heterocycles. The fourth-order valence-electron chi connectivity index (χ4n) is 2.70. The largest absolute Gasteiger partial charge is 0.465 e. The highest BCUT2D eigenvalue weighted by Crippen LogP contribution is 2.26. The van der Waals surface area contributed by atoms with Gasteiger partial charge in [0.2, 0.25) is 0 Å². The summed E-state index contributed by atoms with van der Waals surface area (Å²) in [5.74, 6) is -0.126. The molecule has 1 saturated heterocycles. The van der Waals surface area contributed by atoms with E-state index in [0.29, 0.717) is 13.2 Å². The summed E-state index contributed by atoms with van der Waals surface area (Å²) in [6.45, 7) is 5.84. The van der Waals surface area contributed by atoms with E-state index in [9.17, 15) is 4.79 Å². The van der Waals surface area contributed by atoms with Crippen LogP contribution in [0.5, 0.6) is 0 Å². The van der Waals surface area contributed by atoms with E-state index >= 15 is 0 Å². The lowest BCUT2D eigenvalue weighted by Gasteiger charge is -2.22. The molecular weight excluding hydrogens is 278 g/mol. The number of carbonyl (C=O) groups excluding carboxylic acids is 1. The van der Waals surface area contributed by atoms with Crippen LogP contribution in [0.3, 0.4) is 0 Å². The molecule has 6 heteroatoms. The summed E-state index contributed by atoms with van der Waals surface area (Å²) in [6, 6.07) is -0.147. The molecule has 1 atom stereocenters. The van der Waals surface area contributed by atoms with Crippen LogP contribution in [0.15, 0.2) is 0 Å². The third-order valence-corrected chi connectivity index (χ3v) is 4.21. The first-order chi connectivity index (χ1) is 9.58. The Hall–Kier alpha value is -1.07. The van der Waals surface area contributed by atoms with Gasteiger partial charge in [0.25, 0.3) is 0 Å². The Morgan fingerprint density at radius 3 is 2.85 bits per heavy atom. The smallest absolute Gasteiger partial charge is 0.323 e. The van der Waals surface area contributed by atoms with Gasteiger partial charge >= 0.3 is 5.97 Å². The molecule has 1 aliphatic heterocycles. The normalized spacial score (nSPS) is 19.5. The predicted molar refractivity (Wildman–Crippen MR) is 77.7 cm³/mol.